The first-order chi connectivity index (χ1) is 9.90. The van der Waals surface area contributed by atoms with Gasteiger partial charge in [0.1, 0.15) is 9.20 Å². The van der Waals surface area contributed by atoms with Crippen molar-refractivity contribution < 1.29 is 8.42 Å². The average molecular weight is 340 g/mol. The molecule has 1 aromatic heterocycles. The predicted molar refractivity (Wildman–Crippen MR) is 90.3 cm³/mol. The van der Waals surface area contributed by atoms with Gasteiger partial charge in [-0.2, -0.15) is 0 Å². The van der Waals surface area contributed by atoms with Gasteiger partial charge in [-0.05, 0) is 36.6 Å². The van der Waals surface area contributed by atoms with E-state index in [1.165, 1.54) is 6.07 Å². The van der Waals surface area contributed by atoms with Crippen LogP contribution in [-0.4, -0.2) is 20.0 Å². The van der Waals surface area contributed by atoms with E-state index < -0.39 is 10.0 Å². The Hall–Kier alpha value is -1.28. The highest BCUT2D eigenvalue weighted by molar-refractivity contribution is 7.91. The fourth-order valence-corrected chi connectivity index (χ4v) is 4.31. The Morgan fingerprint density at radius 3 is 2.62 bits per heavy atom. The molecule has 0 aliphatic carbocycles. The van der Waals surface area contributed by atoms with E-state index in [4.69, 9.17) is 18.0 Å². The first kappa shape index (κ1) is 16.1. The van der Waals surface area contributed by atoms with Crippen molar-refractivity contribution in [1.82, 2.24) is 4.72 Å². The van der Waals surface area contributed by atoms with Gasteiger partial charge < -0.3 is 5.73 Å². The molecule has 0 saturated heterocycles. The second-order valence-corrected chi connectivity index (χ2v) is 8.07. The summed E-state index contributed by atoms with van der Waals surface area (Å²) in [5.74, 6) is 0. The number of rotatable bonds is 6. The highest BCUT2D eigenvalue weighted by atomic mass is 32.2. The maximum Gasteiger partial charge on any atom is 0.250 e. The van der Waals surface area contributed by atoms with E-state index in [2.05, 4.69) is 4.72 Å². The Morgan fingerprint density at radius 2 is 2.00 bits per heavy atom. The van der Waals surface area contributed by atoms with Crippen LogP contribution >= 0.6 is 23.6 Å². The molecule has 1 aromatic carbocycles. The second-order valence-electron chi connectivity index (χ2n) is 4.56. The lowest BCUT2D eigenvalue weighted by atomic mass is 10.1. The number of hydrogen-bond donors (Lipinski definition) is 2. The van der Waals surface area contributed by atoms with E-state index in [0.29, 0.717) is 17.8 Å². The fourth-order valence-electron chi connectivity index (χ4n) is 1.88. The van der Waals surface area contributed by atoms with E-state index in [9.17, 15) is 8.42 Å². The number of nitrogens with one attached hydrogen (secondary N) is 1. The summed E-state index contributed by atoms with van der Waals surface area (Å²) in [6, 6.07) is 11.1. The molecule has 21 heavy (non-hydrogen) atoms. The summed E-state index contributed by atoms with van der Waals surface area (Å²) in [5, 5.41) is 0. The zero-order valence-corrected chi connectivity index (χ0v) is 13.9. The van der Waals surface area contributed by atoms with Crippen molar-refractivity contribution in [3.63, 3.8) is 0 Å². The van der Waals surface area contributed by atoms with E-state index in [-0.39, 0.29) is 9.20 Å². The van der Waals surface area contributed by atoms with Gasteiger partial charge in [-0.3, -0.25) is 0 Å². The van der Waals surface area contributed by atoms with E-state index in [1.54, 1.807) is 6.07 Å². The summed E-state index contributed by atoms with van der Waals surface area (Å²) in [5.41, 5.74) is 7.78. The quantitative estimate of drug-likeness (QED) is 0.791. The van der Waals surface area contributed by atoms with Gasteiger partial charge in [0.15, 0.2) is 0 Å². The number of thiophene rings is 1. The van der Waals surface area contributed by atoms with E-state index in [0.717, 1.165) is 22.5 Å². The summed E-state index contributed by atoms with van der Waals surface area (Å²) < 4.78 is 27.2. The molecule has 0 unspecified atom stereocenters. The summed E-state index contributed by atoms with van der Waals surface area (Å²) in [6.07, 6.45) is 0.652. The van der Waals surface area contributed by atoms with Gasteiger partial charge in [-0.25, -0.2) is 13.1 Å². The minimum absolute atomic E-state index is 0.210. The van der Waals surface area contributed by atoms with Crippen LogP contribution < -0.4 is 10.5 Å². The molecule has 7 heteroatoms. The number of nitrogens with two attached hydrogens (primary N) is 1. The molecule has 0 fully saturated rings. The molecule has 3 N–H and O–H groups in total. The summed E-state index contributed by atoms with van der Waals surface area (Å²) in [4.78, 5) is 0.811. The predicted octanol–water partition coefficient (Wildman–Crippen LogP) is 2.21. The summed E-state index contributed by atoms with van der Waals surface area (Å²) in [7, 11) is -3.50. The van der Waals surface area contributed by atoms with Crippen LogP contribution in [0.4, 0.5) is 0 Å². The van der Waals surface area contributed by atoms with Gasteiger partial charge in [-0.1, -0.05) is 36.5 Å². The molecule has 112 valence electrons. The van der Waals surface area contributed by atoms with Crippen LogP contribution in [0, 0.1) is 6.92 Å². The zero-order valence-electron chi connectivity index (χ0n) is 11.5. The largest absolute Gasteiger partial charge is 0.389 e. The molecule has 1 heterocycles. The Morgan fingerprint density at radius 1 is 1.29 bits per heavy atom. The van der Waals surface area contributed by atoms with Crippen LogP contribution in [0.15, 0.2) is 40.6 Å². The third kappa shape index (κ3) is 4.10. The van der Waals surface area contributed by atoms with Crippen molar-refractivity contribution >= 4 is 38.6 Å². The van der Waals surface area contributed by atoms with Crippen LogP contribution in [-0.2, 0) is 16.4 Å². The van der Waals surface area contributed by atoms with Crippen LogP contribution in [0.1, 0.15) is 16.0 Å². The van der Waals surface area contributed by atoms with Gasteiger partial charge in [-0.15, -0.1) is 11.3 Å². The molecule has 2 aromatic rings. The second kappa shape index (κ2) is 6.65. The highest BCUT2D eigenvalue weighted by Crippen LogP contribution is 2.21. The van der Waals surface area contributed by atoms with Crippen molar-refractivity contribution in [1.29, 1.82) is 0 Å². The lowest BCUT2D eigenvalue weighted by Crippen LogP contribution is -2.25. The number of thiocarbonyl (C=S) groups is 1. The molecule has 0 bridgehead atoms. The Bertz CT molecular complexity index is 751. The zero-order chi connectivity index (χ0) is 15.5. The number of benzene rings is 1. The van der Waals surface area contributed by atoms with Crippen molar-refractivity contribution in [3.05, 3.63) is 52.4 Å². The number of sulfonamides is 1. The molecule has 0 amide bonds. The molecule has 4 nitrogen and oxygen atoms in total. The standard InChI is InChI=1S/C14H16N2O2S3/c1-10-4-2-3-5-11(10)8-9-16-21(17,18)13-7-6-12(20-13)14(15)19/h2-7,16H,8-9H2,1H3,(H2,15,19). The van der Waals surface area contributed by atoms with Gasteiger partial charge in [0.2, 0.25) is 10.0 Å². The first-order valence-corrected chi connectivity index (χ1v) is 9.05. The average Bonchev–Trinajstić information content (AvgIpc) is 2.91. The van der Waals surface area contributed by atoms with Gasteiger partial charge in [0, 0.05) is 6.54 Å². The molecular formula is C14H16N2O2S3. The van der Waals surface area contributed by atoms with E-state index in [1.807, 2.05) is 31.2 Å². The Labute approximate surface area is 134 Å². The third-order valence-electron chi connectivity index (χ3n) is 3.04. The molecule has 0 atom stereocenters. The summed E-state index contributed by atoms with van der Waals surface area (Å²) >= 11 is 5.92. The van der Waals surface area contributed by atoms with Crippen LogP contribution in [0.2, 0.25) is 0 Å². The molecule has 0 radical (unpaired) electrons. The number of aryl methyl sites for hydroxylation is 1. The molecule has 0 aliphatic rings. The Balaban J connectivity index is 2.01. The topological polar surface area (TPSA) is 72.2 Å². The fraction of sp³-hybridized carbons (Fsp3) is 0.214. The van der Waals surface area contributed by atoms with Crippen LogP contribution in [0.5, 0.6) is 0 Å². The lowest BCUT2D eigenvalue weighted by Gasteiger charge is -2.07. The van der Waals surface area contributed by atoms with Gasteiger partial charge in [0.05, 0.1) is 4.88 Å². The molecular weight excluding hydrogens is 324 g/mol. The molecule has 2 rings (SSSR count). The van der Waals surface area contributed by atoms with E-state index >= 15 is 0 Å². The molecule has 0 saturated carbocycles. The van der Waals surface area contributed by atoms with Crippen molar-refractivity contribution in [2.24, 2.45) is 5.73 Å². The summed E-state index contributed by atoms with van der Waals surface area (Å²) in [6.45, 7) is 2.37. The maximum atomic E-state index is 12.2. The minimum atomic E-state index is -3.50. The van der Waals surface area contributed by atoms with Gasteiger partial charge >= 0.3 is 0 Å². The van der Waals surface area contributed by atoms with Crippen LogP contribution in [0.25, 0.3) is 0 Å². The third-order valence-corrected chi connectivity index (χ3v) is 6.46. The highest BCUT2D eigenvalue weighted by Gasteiger charge is 2.17. The van der Waals surface area contributed by atoms with Crippen molar-refractivity contribution in [2.45, 2.75) is 17.6 Å². The SMILES string of the molecule is Cc1ccccc1CCNS(=O)(=O)c1ccc(C(N)=S)s1. The molecule has 0 spiro atoms. The van der Waals surface area contributed by atoms with Crippen molar-refractivity contribution in [3.8, 4) is 0 Å². The van der Waals surface area contributed by atoms with Crippen molar-refractivity contribution in [2.75, 3.05) is 6.54 Å². The smallest absolute Gasteiger partial charge is 0.250 e. The monoisotopic (exact) mass is 340 g/mol. The molecule has 0 aliphatic heterocycles. The number of hydrogen-bond acceptors (Lipinski definition) is 4. The minimum Gasteiger partial charge on any atom is -0.389 e. The first-order valence-electron chi connectivity index (χ1n) is 6.34. The normalized spacial score (nSPS) is 11.5. The van der Waals surface area contributed by atoms with Gasteiger partial charge in [0.25, 0.3) is 0 Å². The maximum absolute atomic E-state index is 12.2. The Kier molecular flexibility index (Phi) is 5.10. The van der Waals surface area contributed by atoms with Crippen LogP contribution in [0.3, 0.4) is 0 Å². The lowest BCUT2D eigenvalue weighted by molar-refractivity contribution is 0.583.